The molecule has 1 unspecified atom stereocenters. The van der Waals surface area contributed by atoms with Gasteiger partial charge in [-0.15, -0.1) is 0 Å². The zero-order valence-electron chi connectivity index (χ0n) is 12.0. The number of nitrogens with zero attached hydrogens (tertiary/aromatic N) is 2. The molecule has 0 radical (unpaired) electrons. The fourth-order valence-electron chi connectivity index (χ4n) is 2.11. The Kier molecular flexibility index (Phi) is 5.12. The van der Waals surface area contributed by atoms with Crippen LogP contribution in [0.1, 0.15) is 43.0 Å². The first kappa shape index (κ1) is 14.5. The van der Waals surface area contributed by atoms with Gasteiger partial charge in [0.05, 0.1) is 7.11 Å². The van der Waals surface area contributed by atoms with E-state index in [-0.39, 0.29) is 5.92 Å². The first-order valence-corrected chi connectivity index (χ1v) is 6.89. The molecule has 2 rings (SSSR count). The summed E-state index contributed by atoms with van der Waals surface area (Å²) in [6.45, 7) is 2.77. The fraction of sp³-hybridized carbons (Fsp3) is 0.467. The van der Waals surface area contributed by atoms with Gasteiger partial charge in [0.2, 0.25) is 5.89 Å². The van der Waals surface area contributed by atoms with Gasteiger partial charge in [-0.3, -0.25) is 0 Å². The number of ether oxygens (including phenoxy) is 1. The van der Waals surface area contributed by atoms with Crippen molar-refractivity contribution in [1.29, 1.82) is 0 Å². The lowest BCUT2D eigenvalue weighted by Crippen LogP contribution is -2.02. The normalized spacial score (nSPS) is 12.3. The van der Waals surface area contributed by atoms with Crippen molar-refractivity contribution in [2.24, 2.45) is 5.73 Å². The summed E-state index contributed by atoms with van der Waals surface area (Å²) in [6.07, 6.45) is 2.54. The van der Waals surface area contributed by atoms with E-state index in [1.807, 2.05) is 24.3 Å². The SMILES string of the molecule is COc1ccccc1Cc1noc(C(C)CCCN)n1. The van der Waals surface area contributed by atoms with E-state index in [9.17, 15) is 0 Å². The molecule has 0 bridgehead atoms. The predicted molar refractivity (Wildman–Crippen MR) is 76.8 cm³/mol. The van der Waals surface area contributed by atoms with Gasteiger partial charge >= 0.3 is 0 Å². The van der Waals surface area contributed by atoms with E-state index in [1.54, 1.807) is 7.11 Å². The molecule has 108 valence electrons. The maximum atomic E-state index is 5.51. The van der Waals surface area contributed by atoms with Gasteiger partial charge in [0.15, 0.2) is 5.82 Å². The Morgan fingerprint density at radius 1 is 1.35 bits per heavy atom. The molecule has 0 saturated heterocycles. The molecule has 0 aliphatic rings. The lowest BCUT2D eigenvalue weighted by Gasteiger charge is -2.05. The van der Waals surface area contributed by atoms with Crippen LogP contribution in [-0.2, 0) is 6.42 Å². The third kappa shape index (κ3) is 3.57. The molecule has 0 aliphatic heterocycles. The summed E-state index contributed by atoms with van der Waals surface area (Å²) in [5.41, 5.74) is 6.57. The third-order valence-electron chi connectivity index (χ3n) is 3.29. The summed E-state index contributed by atoms with van der Waals surface area (Å²) in [5.74, 6) is 2.46. The van der Waals surface area contributed by atoms with Crippen LogP contribution in [0.15, 0.2) is 28.8 Å². The molecule has 0 fully saturated rings. The Bertz CT molecular complexity index is 539. The van der Waals surface area contributed by atoms with Crippen LogP contribution in [0.3, 0.4) is 0 Å². The number of para-hydroxylation sites is 1. The lowest BCUT2D eigenvalue weighted by atomic mass is 10.1. The highest BCUT2D eigenvalue weighted by molar-refractivity contribution is 5.35. The molecule has 0 aliphatic carbocycles. The maximum absolute atomic E-state index is 5.51. The van der Waals surface area contributed by atoms with Crippen LogP contribution < -0.4 is 10.5 Å². The molecular formula is C15H21N3O2. The van der Waals surface area contributed by atoms with E-state index < -0.39 is 0 Å². The van der Waals surface area contributed by atoms with Gasteiger partial charge in [-0.1, -0.05) is 30.3 Å². The van der Waals surface area contributed by atoms with E-state index in [4.69, 9.17) is 15.0 Å². The van der Waals surface area contributed by atoms with Gasteiger partial charge in [-0.25, -0.2) is 0 Å². The number of rotatable bonds is 7. The maximum Gasteiger partial charge on any atom is 0.229 e. The number of aromatic nitrogens is 2. The number of hydrogen-bond acceptors (Lipinski definition) is 5. The highest BCUT2D eigenvalue weighted by Gasteiger charge is 2.15. The minimum absolute atomic E-state index is 0.248. The number of hydrogen-bond donors (Lipinski definition) is 1. The zero-order chi connectivity index (χ0) is 14.4. The molecule has 0 saturated carbocycles. The molecule has 5 heteroatoms. The summed E-state index contributed by atoms with van der Waals surface area (Å²) < 4.78 is 10.7. The van der Waals surface area contributed by atoms with Crippen molar-refractivity contribution in [2.45, 2.75) is 32.1 Å². The van der Waals surface area contributed by atoms with Crippen LogP contribution in [0, 0.1) is 0 Å². The van der Waals surface area contributed by atoms with Crippen molar-refractivity contribution >= 4 is 0 Å². The van der Waals surface area contributed by atoms with Gasteiger partial charge in [-0.05, 0) is 25.5 Å². The highest BCUT2D eigenvalue weighted by atomic mass is 16.5. The molecule has 0 amide bonds. The highest BCUT2D eigenvalue weighted by Crippen LogP contribution is 2.22. The smallest absolute Gasteiger partial charge is 0.229 e. The molecule has 0 spiro atoms. The Hall–Kier alpha value is -1.88. The van der Waals surface area contributed by atoms with E-state index in [2.05, 4.69) is 17.1 Å². The third-order valence-corrected chi connectivity index (χ3v) is 3.29. The molecule has 5 nitrogen and oxygen atoms in total. The van der Waals surface area contributed by atoms with Crippen LogP contribution in [0.5, 0.6) is 5.75 Å². The molecule has 20 heavy (non-hydrogen) atoms. The monoisotopic (exact) mass is 275 g/mol. The molecular weight excluding hydrogens is 254 g/mol. The Morgan fingerprint density at radius 3 is 2.90 bits per heavy atom. The van der Waals surface area contributed by atoms with Crippen molar-refractivity contribution in [3.05, 3.63) is 41.5 Å². The van der Waals surface area contributed by atoms with Crippen LogP contribution in [0.25, 0.3) is 0 Å². The zero-order valence-corrected chi connectivity index (χ0v) is 12.0. The number of methoxy groups -OCH3 is 1. The summed E-state index contributed by atoms with van der Waals surface area (Å²) >= 11 is 0. The van der Waals surface area contributed by atoms with Crippen molar-refractivity contribution in [3.63, 3.8) is 0 Å². The number of nitrogens with two attached hydrogens (primary N) is 1. The first-order chi connectivity index (χ1) is 9.74. The van der Waals surface area contributed by atoms with E-state index in [0.29, 0.717) is 24.7 Å². The standard InChI is InChI=1S/C15H21N3O2/c1-11(6-5-9-16)15-17-14(18-20-15)10-12-7-3-4-8-13(12)19-2/h3-4,7-8,11H,5-6,9-10,16H2,1-2H3. The summed E-state index contributed by atoms with van der Waals surface area (Å²) in [6, 6.07) is 7.86. The summed E-state index contributed by atoms with van der Waals surface area (Å²) in [7, 11) is 1.66. The van der Waals surface area contributed by atoms with E-state index >= 15 is 0 Å². The minimum atomic E-state index is 0.248. The van der Waals surface area contributed by atoms with Crippen molar-refractivity contribution < 1.29 is 9.26 Å². The molecule has 1 heterocycles. The lowest BCUT2D eigenvalue weighted by molar-refractivity contribution is 0.348. The summed E-state index contributed by atoms with van der Waals surface area (Å²) in [5, 5.41) is 4.04. The second-order valence-electron chi connectivity index (χ2n) is 4.87. The second-order valence-corrected chi connectivity index (χ2v) is 4.87. The first-order valence-electron chi connectivity index (χ1n) is 6.89. The van der Waals surface area contributed by atoms with Gasteiger partial charge in [-0.2, -0.15) is 4.98 Å². The van der Waals surface area contributed by atoms with Gasteiger partial charge in [0.25, 0.3) is 0 Å². The molecule has 1 atom stereocenters. The average Bonchev–Trinajstić information content (AvgIpc) is 2.94. The Morgan fingerprint density at radius 2 is 2.15 bits per heavy atom. The van der Waals surface area contributed by atoms with Crippen molar-refractivity contribution in [2.75, 3.05) is 13.7 Å². The van der Waals surface area contributed by atoms with E-state index in [0.717, 1.165) is 24.2 Å². The van der Waals surface area contributed by atoms with E-state index in [1.165, 1.54) is 0 Å². The van der Waals surface area contributed by atoms with Crippen molar-refractivity contribution in [3.8, 4) is 5.75 Å². The second kappa shape index (κ2) is 7.05. The molecule has 1 aromatic heterocycles. The van der Waals surface area contributed by atoms with Gasteiger partial charge in [0, 0.05) is 17.9 Å². The van der Waals surface area contributed by atoms with Gasteiger partial charge < -0.3 is 15.0 Å². The topological polar surface area (TPSA) is 74.2 Å². The molecule has 2 N–H and O–H groups in total. The minimum Gasteiger partial charge on any atom is -0.496 e. The molecule has 2 aromatic rings. The summed E-state index contributed by atoms with van der Waals surface area (Å²) in [4.78, 5) is 4.46. The fourth-order valence-corrected chi connectivity index (χ4v) is 2.11. The Labute approximate surface area is 119 Å². The van der Waals surface area contributed by atoms with Crippen LogP contribution in [0.4, 0.5) is 0 Å². The average molecular weight is 275 g/mol. The molecule has 1 aromatic carbocycles. The van der Waals surface area contributed by atoms with Crippen LogP contribution in [0.2, 0.25) is 0 Å². The van der Waals surface area contributed by atoms with Crippen LogP contribution >= 0.6 is 0 Å². The Balaban J connectivity index is 2.05. The van der Waals surface area contributed by atoms with Crippen LogP contribution in [-0.4, -0.2) is 23.8 Å². The number of benzene rings is 1. The van der Waals surface area contributed by atoms with Gasteiger partial charge in [0.1, 0.15) is 5.75 Å². The quantitative estimate of drug-likeness (QED) is 0.840. The predicted octanol–water partition coefficient (Wildman–Crippen LogP) is 2.51. The van der Waals surface area contributed by atoms with Crippen molar-refractivity contribution in [1.82, 2.24) is 10.1 Å². The largest absolute Gasteiger partial charge is 0.496 e.